The molecule has 166 valence electrons. The second-order valence-electron chi connectivity index (χ2n) is 8.10. The number of nitrogens with zero attached hydrogens (tertiary/aromatic N) is 3. The number of benzene rings is 2. The molecule has 2 aromatic carbocycles. The van der Waals surface area contributed by atoms with Gasteiger partial charge in [0, 0.05) is 26.2 Å². The Balaban J connectivity index is 1.46. The third kappa shape index (κ3) is 4.06. The summed E-state index contributed by atoms with van der Waals surface area (Å²) in [6, 6.07) is 13.8. The van der Waals surface area contributed by atoms with Crippen LogP contribution in [0.4, 0.5) is 13.2 Å². The van der Waals surface area contributed by atoms with Crippen LogP contribution in [0.1, 0.15) is 22.3 Å². The Morgan fingerprint density at radius 3 is 2.16 bits per heavy atom. The Hall–Kier alpha value is -3.38. The Morgan fingerprint density at radius 1 is 1.00 bits per heavy atom. The number of amides is 2. The molecule has 2 aliphatic rings. The molecule has 0 aromatic heterocycles. The Morgan fingerprint density at radius 2 is 1.62 bits per heavy atom. The molecule has 0 radical (unpaired) electrons. The summed E-state index contributed by atoms with van der Waals surface area (Å²) in [6.45, 7) is 0.995. The van der Waals surface area contributed by atoms with Crippen LogP contribution in [0.5, 0.6) is 0 Å². The summed E-state index contributed by atoms with van der Waals surface area (Å²) in [4.78, 5) is 29.3. The highest BCUT2D eigenvalue weighted by Gasteiger charge is 2.56. The van der Waals surface area contributed by atoms with E-state index in [1.807, 2.05) is 12.1 Å². The number of alkyl halides is 3. The zero-order valence-corrected chi connectivity index (χ0v) is 17.2. The maximum atomic E-state index is 13.3. The summed E-state index contributed by atoms with van der Waals surface area (Å²) in [5.74, 6) is -0.387. The van der Waals surface area contributed by atoms with E-state index < -0.39 is 17.3 Å². The Labute approximate surface area is 183 Å². The molecular weight excluding hydrogens is 421 g/mol. The van der Waals surface area contributed by atoms with Gasteiger partial charge in [-0.1, -0.05) is 24.3 Å². The van der Waals surface area contributed by atoms with Crippen molar-refractivity contribution >= 4 is 11.8 Å². The SMILES string of the molecule is N#Cc1ccc(CCN2CC(=O)N(Cc3ccc(C(F)(F)F)cc3)C3(CNC3)C2=O)cc1. The normalized spacial score (nSPS) is 17.9. The van der Waals surface area contributed by atoms with Gasteiger partial charge in [0.05, 0.1) is 23.7 Å². The number of piperazine rings is 1. The van der Waals surface area contributed by atoms with E-state index in [1.165, 1.54) is 17.0 Å². The maximum Gasteiger partial charge on any atom is 0.416 e. The average molecular weight is 442 g/mol. The van der Waals surface area contributed by atoms with Crippen LogP contribution >= 0.6 is 0 Å². The number of hydrogen-bond donors (Lipinski definition) is 1. The standard InChI is InChI=1S/C23H21F3N4O2/c24-23(25,26)19-7-5-18(6-8-19)12-30-20(31)13-29(21(32)22(30)14-28-15-22)10-9-16-1-3-17(11-27)4-2-16/h1-8,28H,9-10,12-15H2. The van der Waals surface area contributed by atoms with Crippen LogP contribution in [0.25, 0.3) is 0 Å². The average Bonchev–Trinajstić information content (AvgIpc) is 2.74. The molecule has 0 bridgehead atoms. The van der Waals surface area contributed by atoms with Gasteiger partial charge in [0.1, 0.15) is 5.54 Å². The van der Waals surface area contributed by atoms with Crippen LogP contribution in [0, 0.1) is 11.3 Å². The van der Waals surface area contributed by atoms with E-state index in [1.54, 1.807) is 17.0 Å². The van der Waals surface area contributed by atoms with E-state index in [0.717, 1.165) is 17.7 Å². The molecule has 0 saturated carbocycles. The first-order valence-electron chi connectivity index (χ1n) is 10.2. The van der Waals surface area contributed by atoms with Crippen molar-refractivity contribution in [3.05, 3.63) is 70.8 Å². The molecule has 2 amide bonds. The summed E-state index contributed by atoms with van der Waals surface area (Å²) in [6.07, 6.45) is -3.88. The topological polar surface area (TPSA) is 76.4 Å². The van der Waals surface area contributed by atoms with Crippen LogP contribution < -0.4 is 5.32 Å². The van der Waals surface area contributed by atoms with Crippen molar-refractivity contribution in [2.45, 2.75) is 24.7 Å². The minimum Gasteiger partial charge on any atom is -0.331 e. The molecule has 0 unspecified atom stereocenters. The van der Waals surface area contributed by atoms with Crippen LogP contribution in [0.2, 0.25) is 0 Å². The van der Waals surface area contributed by atoms with Crippen LogP contribution in [0.15, 0.2) is 48.5 Å². The van der Waals surface area contributed by atoms with E-state index in [0.29, 0.717) is 37.2 Å². The lowest BCUT2D eigenvalue weighted by molar-refractivity contribution is -0.170. The van der Waals surface area contributed by atoms with Gasteiger partial charge in [0.15, 0.2) is 0 Å². The van der Waals surface area contributed by atoms with Gasteiger partial charge in [-0.3, -0.25) is 9.59 Å². The molecule has 1 spiro atoms. The van der Waals surface area contributed by atoms with E-state index in [2.05, 4.69) is 11.4 Å². The molecular formula is C23H21F3N4O2. The molecule has 2 aliphatic heterocycles. The monoisotopic (exact) mass is 442 g/mol. The number of halogens is 3. The summed E-state index contributed by atoms with van der Waals surface area (Å²) >= 11 is 0. The maximum absolute atomic E-state index is 13.3. The second kappa shape index (κ2) is 8.28. The van der Waals surface area contributed by atoms with Crippen molar-refractivity contribution < 1.29 is 22.8 Å². The third-order valence-electron chi connectivity index (χ3n) is 6.04. The van der Waals surface area contributed by atoms with Crippen LogP contribution in [0.3, 0.4) is 0 Å². The first-order valence-corrected chi connectivity index (χ1v) is 10.2. The number of nitriles is 1. The minimum atomic E-state index is -4.43. The highest BCUT2D eigenvalue weighted by molar-refractivity contribution is 5.99. The van der Waals surface area contributed by atoms with Gasteiger partial charge in [0.25, 0.3) is 5.91 Å². The van der Waals surface area contributed by atoms with Crippen LogP contribution in [-0.4, -0.2) is 53.3 Å². The first kappa shape index (κ1) is 21.8. The predicted octanol–water partition coefficient (Wildman–Crippen LogP) is 2.33. The quantitative estimate of drug-likeness (QED) is 0.771. The van der Waals surface area contributed by atoms with E-state index in [-0.39, 0.29) is 24.9 Å². The Kier molecular flexibility index (Phi) is 5.65. The molecule has 4 rings (SSSR count). The van der Waals surface area contributed by atoms with Gasteiger partial charge >= 0.3 is 6.18 Å². The molecule has 2 saturated heterocycles. The molecule has 2 fully saturated rings. The fourth-order valence-corrected chi connectivity index (χ4v) is 4.08. The van der Waals surface area contributed by atoms with Gasteiger partial charge in [-0.05, 0) is 41.8 Å². The largest absolute Gasteiger partial charge is 0.416 e. The van der Waals surface area contributed by atoms with Crippen molar-refractivity contribution in [3.63, 3.8) is 0 Å². The minimum absolute atomic E-state index is 0.0719. The number of nitrogens with one attached hydrogen (secondary N) is 1. The summed E-state index contributed by atoms with van der Waals surface area (Å²) < 4.78 is 38.5. The number of carbonyl (C=O) groups excluding carboxylic acids is 2. The highest BCUT2D eigenvalue weighted by atomic mass is 19.4. The zero-order valence-electron chi connectivity index (χ0n) is 17.2. The van der Waals surface area contributed by atoms with Crippen molar-refractivity contribution in [2.75, 3.05) is 26.2 Å². The van der Waals surface area contributed by atoms with E-state index in [9.17, 15) is 22.8 Å². The van der Waals surface area contributed by atoms with Gasteiger partial charge in [-0.15, -0.1) is 0 Å². The fourth-order valence-electron chi connectivity index (χ4n) is 4.08. The molecule has 0 atom stereocenters. The number of carbonyl (C=O) groups is 2. The van der Waals surface area contributed by atoms with E-state index >= 15 is 0 Å². The van der Waals surface area contributed by atoms with Crippen molar-refractivity contribution in [3.8, 4) is 6.07 Å². The lowest BCUT2D eigenvalue weighted by Gasteiger charge is -2.54. The highest BCUT2D eigenvalue weighted by Crippen LogP contribution is 2.32. The van der Waals surface area contributed by atoms with Gasteiger partial charge in [-0.2, -0.15) is 18.4 Å². The third-order valence-corrected chi connectivity index (χ3v) is 6.04. The molecule has 2 aromatic rings. The van der Waals surface area contributed by atoms with Crippen molar-refractivity contribution in [2.24, 2.45) is 0 Å². The predicted molar refractivity (Wildman–Crippen MR) is 109 cm³/mol. The molecule has 0 aliphatic carbocycles. The molecule has 9 heteroatoms. The molecule has 32 heavy (non-hydrogen) atoms. The second-order valence-corrected chi connectivity index (χ2v) is 8.10. The molecule has 2 heterocycles. The molecule has 1 N–H and O–H groups in total. The van der Waals surface area contributed by atoms with E-state index in [4.69, 9.17) is 5.26 Å². The van der Waals surface area contributed by atoms with Gasteiger partial charge < -0.3 is 15.1 Å². The fraction of sp³-hybridized carbons (Fsp3) is 0.348. The zero-order chi connectivity index (χ0) is 22.9. The van der Waals surface area contributed by atoms with Crippen LogP contribution in [-0.2, 0) is 28.7 Å². The lowest BCUT2D eigenvalue weighted by atomic mass is 9.85. The van der Waals surface area contributed by atoms with Crippen molar-refractivity contribution in [1.29, 1.82) is 5.26 Å². The first-order chi connectivity index (χ1) is 15.2. The summed E-state index contributed by atoms with van der Waals surface area (Å²) in [5, 5.41) is 11.9. The van der Waals surface area contributed by atoms with Gasteiger partial charge in [-0.25, -0.2) is 0 Å². The lowest BCUT2D eigenvalue weighted by Crippen LogP contribution is -2.79. The molecule has 6 nitrogen and oxygen atoms in total. The number of hydrogen-bond acceptors (Lipinski definition) is 4. The van der Waals surface area contributed by atoms with Crippen molar-refractivity contribution in [1.82, 2.24) is 15.1 Å². The van der Waals surface area contributed by atoms with Gasteiger partial charge in [0.2, 0.25) is 5.91 Å². The smallest absolute Gasteiger partial charge is 0.331 e. The Bertz CT molecular complexity index is 1050. The summed E-state index contributed by atoms with van der Waals surface area (Å²) in [5.41, 5.74) is 0.282. The number of rotatable bonds is 5. The summed E-state index contributed by atoms with van der Waals surface area (Å²) in [7, 11) is 0.